The molecule has 1 aliphatic rings. The van der Waals surface area contributed by atoms with E-state index in [2.05, 4.69) is 38.2 Å². The maximum atomic E-state index is 12.6. The van der Waals surface area contributed by atoms with Gasteiger partial charge in [-0.2, -0.15) is 0 Å². The molecule has 0 aliphatic carbocycles. The Hall–Kier alpha value is -2.82. The van der Waals surface area contributed by atoms with Gasteiger partial charge in [-0.1, -0.05) is 44.2 Å². The molecule has 0 spiro atoms. The lowest BCUT2D eigenvalue weighted by atomic mass is 9.80. The maximum absolute atomic E-state index is 12.6. The number of ether oxygens (including phenoxy) is 1. The molecule has 1 N–H and O–H groups in total. The fraction of sp³-hybridized carbons (Fsp3) is 0.417. The number of hydrogen-bond donors (Lipinski definition) is 1. The summed E-state index contributed by atoms with van der Waals surface area (Å²) in [6, 6.07) is 15.8. The Morgan fingerprint density at radius 1 is 1.17 bits per heavy atom. The van der Waals surface area contributed by atoms with Gasteiger partial charge in [-0.25, -0.2) is 4.79 Å². The van der Waals surface area contributed by atoms with Crippen LogP contribution < -0.4 is 10.2 Å². The van der Waals surface area contributed by atoms with E-state index in [4.69, 9.17) is 4.74 Å². The van der Waals surface area contributed by atoms with E-state index in [1.54, 1.807) is 6.92 Å². The lowest BCUT2D eigenvalue weighted by Crippen LogP contribution is -2.50. The highest BCUT2D eigenvalue weighted by atomic mass is 16.5. The van der Waals surface area contributed by atoms with E-state index >= 15 is 0 Å². The van der Waals surface area contributed by atoms with Crippen LogP contribution in [0.5, 0.6) is 0 Å². The molecule has 5 heteroatoms. The summed E-state index contributed by atoms with van der Waals surface area (Å²) in [6.07, 6.45) is 2.02. The van der Waals surface area contributed by atoms with Crippen LogP contribution in [0.25, 0.3) is 0 Å². The second-order valence-corrected chi connectivity index (χ2v) is 8.28. The Morgan fingerprint density at radius 2 is 1.90 bits per heavy atom. The third-order valence-electron chi connectivity index (χ3n) is 5.58. The molecular formula is C24H30N2O3. The Balaban J connectivity index is 1.81. The molecule has 0 aromatic heterocycles. The van der Waals surface area contributed by atoms with Gasteiger partial charge in [-0.15, -0.1) is 0 Å². The van der Waals surface area contributed by atoms with Gasteiger partial charge in [-0.3, -0.25) is 10.1 Å². The van der Waals surface area contributed by atoms with Crippen molar-refractivity contribution in [3.8, 4) is 0 Å². The minimum Gasteiger partial charge on any atom is -0.449 e. The summed E-state index contributed by atoms with van der Waals surface area (Å²) in [5, 5.41) is 2.80. The first-order valence-corrected chi connectivity index (χ1v) is 10.2. The molecule has 2 aromatic rings. The Kier molecular flexibility index (Phi) is 6.26. The standard InChI is InChI=1S/C24H30N2O3/c1-17(2)13-15-29-23(28)25-21-10-11-22-19(16-21)12-14-24(4,26(22)18(3)27)20-8-6-5-7-9-20/h5-11,16-17H,12-15H2,1-4H3,(H,25,28). The van der Waals surface area contributed by atoms with Gasteiger partial charge in [0.25, 0.3) is 0 Å². The molecule has 0 fully saturated rings. The van der Waals surface area contributed by atoms with Gasteiger partial charge in [0.15, 0.2) is 0 Å². The fourth-order valence-corrected chi connectivity index (χ4v) is 3.97. The van der Waals surface area contributed by atoms with E-state index in [1.807, 2.05) is 41.3 Å². The second-order valence-electron chi connectivity index (χ2n) is 8.28. The average molecular weight is 395 g/mol. The topological polar surface area (TPSA) is 58.6 Å². The zero-order chi connectivity index (χ0) is 21.0. The average Bonchev–Trinajstić information content (AvgIpc) is 2.68. The van der Waals surface area contributed by atoms with Gasteiger partial charge in [0.2, 0.25) is 5.91 Å². The van der Waals surface area contributed by atoms with Crippen LogP contribution in [0.1, 0.15) is 51.7 Å². The molecule has 0 radical (unpaired) electrons. The number of carbonyl (C=O) groups is 2. The molecule has 1 atom stereocenters. The highest BCUT2D eigenvalue weighted by Gasteiger charge is 2.40. The summed E-state index contributed by atoms with van der Waals surface area (Å²) in [6.45, 7) is 8.31. The van der Waals surface area contributed by atoms with E-state index in [0.29, 0.717) is 18.2 Å². The van der Waals surface area contributed by atoms with Crippen molar-refractivity contribution < 1.29 is 14.3 Å². The predicted octanol–water partition coefficient (Wildman–Crippen LogP) is 5.50. The van der Waals surface area contributed by atoms with Crippen molar-refractivity contribution in [2.45, 2.75) is 52.5 Å². The van der Waals surface area contributed by atoms with E-state index in [9.17, 15) is 9.59 Å². The zero-order valence-electron chi connectivity index (χ0n) is 17.7. The second kappa shape index (κ2) is 8.68. The van der Waals surface area contributed by atoms with Gasteiger partial charge >= 0.3 is 6.09 Å². The molecule has 29 heavy (non-hydrogen) atoms. The molecule has 154 valence electrons. The minimum absolute atomic E-state index is 0.00566. The fourth-order valence-electron chi connectivity index (χ4n) is 3.97. The van der Waals surface area contributed by atoms with Gasteiger partial charge in [-0.05, 0) is 61.4 Å². The highest BCUT2D eigenvalue weighted by molar-refractivity contribution is 5.95. The summed E-state index contributed by atoms with van der Waals surface area (Å²) in [7, 11) is 0. The SMILES string of the molecule is CC(=O)N1c2ccc(NC(=O)OCCC(C)C)cc2CCC1(C)c1ccccc1. The van der Waals surface area contributed by atoms with Crippen molar-refractivity contribution >= 4 is 23.4 Å². The summed E-state index contributed by atoms with van der Waals surface area (Å²) in [5.41, 5.74) is 3.36. The molecule has 1 aliphatic heterocycles. The van der Waals surface area contributed by atoms with Crippen molar-refractivity contribution in [2.75, 3.05) is 16.8 Å². The highest BCUT2D eigenvalue weighted by Crippen LogP contribution is 2.43. The number of hydrogen-bond acceptors (Lipinski definition) is 3. The number of carbonyl (C=O) groups excluding carboxylic acids is 2. The van der Waals surface area contributed by atoms with Crippen LogP contribution in [0.15, 0.2) is 48.5 Å². The molecule has 0 saturated heterocycles. The lowest BCUT2D eigenvalue weighted by Gasteiger charge is -2.46. The Labute approximate surface area is 173 Å². The Bertz CT molecular complexity index is 879. The van der Waals surface area contributed by atoms with Gasteiger partial charge in [0.05, 0.1) is 12.1 Å². The molecular weight excluding hydrogens is 364 g/mol. The first-order valence-electron chi connectivity index (χ1n) is 10.2. The number of amides is 2. The van der Waals surface area contributed by atoms with Crippen LogP contribution in [0.4, 0.5) is 16.2 Å². The number of anilines is 2. The van der Waals surface area contributed by atoms with E-state index in [0.717, 1.165) is 36.1 Å². The third-order valence-corrected chi connectivity index (χ3v) is 5.58. The smallest absolute Gasteiger partial charge is 0.411 e. The van der Waals surface area contributed by atoms with Gasteiger partial charge in [0, 0.05) is 18.3 Å². The van der Waals surface area contributed by atoms with Crippen LogP contribution in [-0.4, -0.2) is 18.6 Å². The normalized spacial score (nSPS) is 18.3. The van der Waals surface area contributed by atoms with Crippen LogP contribution in [0.2, 0.25) is 0 Å². The summed E-state index contributed by atoms with van der Waals surface area (Å²) >= 11 is 0. The molecule has 0 saturated carbocycles. The molecule has 1 unspecified atom stereocenters. The zero-order valence-corrected chi connectivity index (χ0v) is 17.7. The molecule has 0 bridgehead atoms. The summed E-state index contributed by atoms with van der Waals surface area (Å²) < 4.78 is 5.24. The van der Waals surface area contributed by atoms with Crippen LogP contribution >= 0.6 is 0 Å². The first-order chi connectivity index (χ1) is 13.8. The number of fused-ring (bicyclic) bond motifs is 1. The first kappa shape index (κ1) is 20.9. The van der Waals surface area contributed by atoms with Crippen molar-refractivity contribution in [1.82, 2.24) is 0 Å². The predicted molar refractivity (Wildman–Crippen MR) is 116 cm³/mol. The van der Waals surface area contributed by atoms with Crippen molar-refractivity contribution in [3.05, 3.63) is 59.7 Å². The largest absolute Gasteiger partial charge is 0.449 e. The molecule has 1 heterocycles. The number of nitrogens with zero attached hydrogens (tertiary/aromatic N) is 1. The molecule has 2 amide bonds. The van der Waals surface area contributed by atoms with E-state index in [1.165, 1.54) is 0 Å². The van der Waals surface area contributed by atoms with Gasteiger partial charge < -0.3 is 9.64 Å². The molecule has 2 aromatic carbocycles. The van der Waals surface area contributed by atoms with Crippen molar-refractivity contribution in [2.24, 2.45) is 5.92 Å². The van der Waals surface area contributed by atoms with Crippen molar-refractivity contribution in [1.29, 1.82) is 0 Å². The van der Waals surface area contributed by atoms with E-state index < -0.39 is 11.6 Å². The number of nitrogens with one attached hydrogen (secondary N) is 1. The Morgan fingerprint density at radius 3 is 2.55 bits per heavy atom. The summed E-state index contributed by atoms with van der Waals surface area (Å²) in [4.78, 5) is 26.5. The molecule has 5 nitrogen and oxygen atoms in total. The molecule has 3 rings (SSSR count). The minimum atomic E-state index is -0.445. The van der Waals surface area contributed by atoms with E-state index in [-0.39, 0.29) is 5.91 Å². The monoisotopic (exact) mass is 394 g/mol. The van der Waals surface area contributed by atoms with Crippen LogP contribution in [0.3, 0.4) is 0 Å². The lowest BCUT2D eigenvalue weighted by molar-refractivity contribution is -0.118. The third kappa shape index (κ3) is 4.61. The van der Waals surface area contributed by atoms with Crippen LogP contribution in [-0.2, 0) is 21.5 Å². The maximum Gasteiger partial charge on any atom is 0.411 e. The number of rotatable bonds is 5. The van der Waals surface area contributed by atoms with Crippen molar-refractivity contribution in [3.63, 3.8) is 0 Å². The number of aryl methyl sites for hydroxylation is 1. The van der Waals surface area contributed by atoms with Gasteiger partial charge in [0.1, 0.15) is 0 Å². The van der Waals surface area contributed by atoms with Crippen LogP contribution in [0, 0.1) is 5.92 Å². The number of benzene rings is 2. The quantitative estimate of drug-likeness (QED) is 0.729. The summed E-state index contributed by atoms with van der Waals surface area (Å²) in [5.74, 6) is 0.495.